The minimum Gasteiger partial charge on any atom is -0.360 e. The van der Waals surface area contributed by atoms with Crippen LogP contribution in [0.15, 0.2) is 60.8 Å². The fraction of sp³-hybridized carbons (Fsp3) is 0.182. The van der Waals surface area contributed by atoms with Gasteiger partial charge in [0.1, 0.15) is 0 Å². The van der Waals surface area contributed by atoms with Crippen molar-refractivity contribution in [1.82, 2.24) is 4.98 Å². The van der Waals surface area contributed by atoms with Crippen molar-refractivity contribution in [3.8, 4) is 0 Å². The molecule has 3 aromatic rings. The van der Waals surface area contributed by atoms with Gasteiger partial charge < -0.3 is 5.32 Å². The topological polar surface area (TPSA) is 45.2 Å². The number of rotatable bonds is 3. The zero-order valence-corrected chi connectivity index (χ0v) is 15.2. The maximum atomic E-state index is 13.1. The van der Waals surface area contributed by atoms with Crippen molar-refractivity contribution in [2.75, 3.05) is 10.2 Å². The predicted octanol–water partition coefficient (Wildman–Crippen LogP) is 4.78. The molecule has 4 nitrogen and oxygen atoms in total. The average Bonchev–Trinajstić information content (AvgIpc) is 2.91. The van der Waals surface area contributed by atoms with E-state index in [0.29, 0.717) is 5.56 Å². The average molecular weight is 343 g/mol. The number of nitrogens with one attached hydrogen (secondary N) is 1. The molecule has 1 atom stereocenters. The van der Waals surface area contributed by atoms with E-state index in [2.05, 4.69) is 42.3 Å². The van der Waals surface area contributed by atoms with Crippen LogP contribution in [0.3, 0.4) is 0 Å². The molecule has 1 N–H and O–H groups in total. The Balaban J connectivity index is 1.79. The van der Waals surface area contributed by atoms with E-state index in [9.17, 15) is 4.79 Å². The standard InChI is InChI=1S/C22H21N3O/c1-14-6-9-17(10-7-14)25-21(20-18(22(25)26)5-4-12-23-20)24-19-11-8-15(2)13-16(19)3/h4-13,21,24H,1-3H3. The van der Waals surface area contributed by atoms with Crippen molar-refractivity contribution < 1.29 is 4.79 Å². The highest BCUT2D eigenvalue weighted by Gasteiger charge is 2.39. The SMILES string of the molecule is Cc1ccc(N2C(=O)c3cccnc3C2Nc2ccc(C)cc2C)cc1. The first-order valence-corrected chi connectivity index (χ1v) is 8.73. The Kier molecular flexibility index (Phi) is 3.96. The molecular formula is C22H21N3O. The Labute approximate surface area is 153 Å². The van der Waals surface area contributed by atoms with Crippen LogP contribution >= 0.6 is 0 Å². The van der Waals surface area contributed by atoms with Gasteiger partial charge in [-0.05, 0) is 56.7 Å². The normalized spacial score (nSPS) is 15.9. The number of pyridine rings is 1. The summed E-state index contributed by atoms with van der Waals surface area (Å²) in [5, 5.41) is 3.53. The Hall–Kier alpha value is -3.14. The summed E-state index contributed by atoms with van der Waals surface area (Å²) in [7, 11) is 0. The molecule has 1 unspecified atom stereocenters. The zero-order valence-electron chi connectivity index (χ0n) is 15.2. The van der Waals surface area contributed by atoms with E-state index in [0.717, 1.165) is 28.2 Å². The van der Waals surface area contributed by atoms with Crippen LogP contribution in [0.25, 0.3) is 0 Å². The maximum Gasteiger partial charge on any atom is 0.262 e. The Morgan fingerprint density at radius 3 is 2.42 bits per heavy atom. The summed E-state index contributed by atoms with van der Waals surface area (Å²) >= 11 is 0. The lowest BCUT2D eigenvalue weighted by atomic mass is 10.1. The summed E-state index contributed by atoms with van der Waals surface area (Å²) in [5.74, 6) is -0.0285. The van der Waals surface area contributed by atoms with E-state index < -0.39 is 0 Å². The van der Waals surface area contributed by atoms with E-state index >= 15 is 0 Å². The largest absolute Gasteiger partial charge is 0.360 e. The number of nitrogens with zero attached hydrogens (tertiary/aromatic N) is 2. The summed E-state index contributed by atoms with van der Waals surface area (Å²) in [5.41, 5.74) is 6.79. The van der Waals surface area contributed by atoms with Crippen molar-refractivity contribution in [2.24, 2.45) is 0 Å². The first kappa shape index (κ1) is 16.3. The van der Waals surface area contributed by atoms with Crippen LogP contribution in [0.1, 0.15) is 38.9 Å². The van der Waals surface area contributed by atoms with Crippen molar-refractivity contribution in [3.63, 3.8) is 0 Å². The highest BCUT2D eigenvalue weighted by atomic mass is 16.2. The lowest BCUT2D eigenvalue weighted by molar-refractivity contribution is 0.0993. The fourth-order valence-electron chi connectivity index (χ4n) is 3.41. The lowest BCUT2D eigenvalue weighted by Crippen LogP contribution is -2.32. The number of aryl methyl sites for hydroxylation is 3. The van der Waals surface area contributed by atoms with Crippen LogP contribution < -0.4 is 10.2 Å². The van der Waals surface area contributed by atoms with E-state index in [1.165, 1.54) is 5.56 Å². The fourth-order valence-corrected chi connectivity index (χ4v) is 3.41. The quantitative estimate of drug-likeness (QED) is 0.744. The number of benzene rings is 2. The van der Waals surface area contributed by atoms with Gasteiger partial charge in [0.2, 0.25) is 0 Å². The molecule has 0 aliphatic carbocycles. The molecule has 1 aromatic heterocycles. The molecule has 1 aliphatic rings. The molecule has 0 saturated carbocycles. The number of fused-ring (bicyclic) bond motifs is 1. The maximum absolute atomic E-state index is 13.1. The number of carbonyl (C=O) groups excluding carboxylic acids is 1. The minimum absolute atomic E-state index is 0.0285. The van der Waals surface area contributed by atoms with Crippen molar-refractivity contribution in [1.29, 1.82) is 0 Å². The summed E-state index contributed by atoms with van der Waals surface area (Å²) in [4.78, 5) is 19.4. The van der Waals surface area contributed by atoms with Gasteiger partial charge in [0, 0.05) is 17.6 Å². The molecule has 0 saturated heterocycles. The first-order chi connectivity index (χ1) is 12.5. The molecule has 0 bridgehead atoms. The van der Waals surface area contributed by atoms with Gasteiger partial charge in [0.25, 0.3) is 5.91 Å². The molecule has 4 heteroatoms. The van der Waals surface area contributed by atoms with Gasteiger partial charge in [0.05, 0.1) is 11.3 Å². The van der Waals surface area contributed by atoms with Crippen molar-refractivity contribution in [2.45, 2.75) is 26.9 Å². The predicted molar refractivity (Wildman–Crippen MR) is 105 cm³/mol. The second-order valence-electron chi connectivity index (χ2n) is 6.81. The monoisotopic (exact) mass is 343 g/mol. The molecule has 26 heavy (non-hydrogen) atoms. The van der Waals surface area contributed by atoms with Crippen LogP contribution in [0.2, 0.25) is 0 Å². The molecule has 2 aromatic carbocycles. The third-order valence-corrected chi connectivity index (χ3v) is 4.79. The minimum atomic E-state index is -0.331. The van der Waals surface area contributed by atoms with Crippen molar-refractivity contribution in [3.05, 3.63) is 88.7 Å². The van der Waals surface area contributed by atoms with E-state index in [-0.39, 0.29) is 12.1 Å². The smallest absolute Gasteiger partial charge is 0.262 e. The molecule has 2 heterocycles. The second kappa shape index (κ2) is 6.30. The lowest BCUT2D eigenvalue weighted by Gasteiger charge is -2.27. The summed E-state index contributed by atoms with van der Waals surface area (Å²) < 4.78 is 0. The third kappa shape index (κ3) is 2.73. The molecule has 0 spiro atoms. The van der Waals surface area contributed by atoms with Gasteiger partial charge in [-0.1, -0.05) is 35.4 Å². The van der Waals surface area contributed by atoms with Gasteiger partial charge in [-0.25, -0.2) is 0 Å². The number of hydrogen-bond acceptors (Lipinski definition) is 3. The van der Waals surface area contributed by atoms with Crippen LogP contribution in [0.5, 0.6) is 0 Å². The van der Waals surface area contributed by atoms with Gasteiger partial charge in [-0.15, -0.1) is 0 Å². The number of anilines is 2. The van der Waals surface area contributed by atoms with Gasteiger partial charge >= 0.3 is 0 Å². The van der Waals surface area contributed by atoms with Crippen LogP contribution in [0.4, 0.5) is 11.4 Å². The molecule has 0 fully saturated rings. The molecule has 4 rings (SSSR count). The number of amides is 1. The van der Waals surface area contributed by atoms with E-state index in [4.69, 9.17) is 0 Å². The Bertz CT molecular complexity index is 979. The number of carbonyl (C=O) groups is 1. The van der Waals surface area contributed by atoms with Crippen LogP contribution in [-0.4, -0.2) is 10.9 Å². The van der Waals surface area contributed by atoms with Gasteiger partial charge in [0.15, 0.2) is 6.17 Å². The Morgan fingerprint density at radius 2 is 1.69 bits per heavy atom. The Morgan fingerprint density at radius 1 is 0.962 bits per heavy atom. The molecule has 130 valence electrons. The number of hydrogen-bond donors (Lipinski definition) is 1. The van der Waals surface area contributed by atoms with E-state index in [1.54, 1.807) is 11.1 Å². The summed E-state index contributed by atoms with van der Waals surface area (Å²) in [6.45, 7) is 6.18. The molecular weight excluding hydrogens is 322 g/mol. The molecule has 0 radical (unpaired) electrons. The van der Waals surface area contributed by atoms with Gasteiger partial charge in [-0.3, -0.25) is 14.7 Å². The highest BCUT2D eigenvalue weighted by molar-refractivity contribution is 6.11. The molecule has 1 aliphatic heterocycles. The third-order valence-electron chi connectivity index (χ3n) is 4.79. The second-order valence-corrected chi connectivity index (χ2v) is 6.81. The van der Waals surface area contributed by atoms with Crippen LogP contribution in [0, 0.1) is 20.8 Å². The van der Waals surface area contributed by atoms with Crippen molar-refractivity contribution >= 4 is 17.3 Å². The number of aromatic nitrogens is 1. The van der Waals surface area contributed by atoms with Crippen LogP contribution in [-0.2, 0) is 0 Å². The van der Waals surface area contributed by atoms with E-state index in [1.807, 2.05) is 43.3 Å². The zero-order chi connectivity index (χ0) is 18.3. The highest BCUT2D eigenvalue weighted by Crippen LogP contribution is 2.37. The van der Waals surface area contributed by atoms with Gasteiger partial charge in [-0.2, -0.15) is 0 Å². The first-order valence-electron chi connectivity index (χ1n) is 8.73. The summed E-state index contributed by atoms with van der Waals surface area (Å²) in [6.07, 6.45) is 1.41. The molecule has 1 amide bonds. The summed E-state index contributed by atoms with van der Waals surface area (Å²) in [6, 6.07) is 17.9.